The van der Waals surface area contributed by atoms with Gasteiger partial charge in [0.25, 0.3) is 0 Å². The standard InChI is InChI=1S/3C41H32N2/c1-40(2)32-16-10-8-15-29(32)38-33(40)19-18-28-30-23-31-27-14-9-11-17-35(27)43(36(31)24-34(30)41(3,4)39(28)38)37-22-26(20-21-42-37)25-12-6-5-7-13-25;1-40(2)33-16-10-8-14-27(33)30-22-35-31(23-34(30)40)29-21-32-28-15-9-11-17-37(28)43(38(32)24-36(29)41(35,3)4)39-20-26(18-19-42-39)25-12-6-5-7-13-25;1-40(2)33-19-18-29-27-14-8-10-16-32(27)41(3,4)39(29)38(33)31-23-30-28-15-9-11-17-35(28)43(36(30)24-34(31)40)37-22-26(20-21-42-37)25-12-6-5-7-13-25/h3*5-24H,1-4H3. The van der Waals surface area contributed by atoms with Gasteiger partial charge in [0.2, 0.25) is 0 Å². The number of hydrogen-bond donors (Lipinski definition) is 0. The van der Waals surface area contributed by atoms with Gasteiger partial charge in [-0.2, -0.15) is 0 Å². The summed E-state index contributed by atoms with van der Waals surface area (Å²) >= 11 is 0. The molecule has 0 saturated carbocycles. The lowest BCUT2D eigenvalue weighted by Crippen LogP contribution is -2.18. The zero-order valence-corrected chi connectivity index (χ0v) is 74.8. The summed E-state index contributed by atoms with van der Waals surface area (Å²) in [5.74, 6) is 2.83. The second-order valence-corrected chi connectivity index (χ2v) is 39.8. The van der Waals surface area contributed by atoms with Gasteiger partial charge >= 0.3 is 0 Å². The van der Waals surface area contributed by atoms with Crippen LogP contribution in [0.3, 0.4) is 0 Å². The van der Waals surface area contributed by atoms with E-state index in [4.69, 9.17) is 15.0 Å². The van der Waals surface area contributed by atoms with Gasteiger partial charge in [0.15, 0.2) is 0 Å². The largest absolute Gasteiger partial charge is 0.294 e. The maximum Gasteiger partial charge on any atom is 0.138 e. The highest BCUT2D eigenvalue weighted by Crippen LogP contribution is 2.64. The van der Waals surface area contributed by atoms with E-state index in [1.54, 1.807) is 0 Å². The van der Waals surface area contributed by atoms with Gasteiger partial charge in [-0.25, -0.2) is 15.0 Å². The summed E-state index contributed by atoms with van der Waals surface area (Å²) in [7, 11) is 0. The van der Waals surface area contributed by atoms with E-state index in [0.717, 1.165) is 17.5 Å². The summed E-state index contributed by atoms with van der Waals surface area (Å²) in [5.41, 5.74) is 47.4. The zero-order valence-electron chi connectivity index (χ0n) is 74.8. The summed E-state index contributed by atoms with van der Waals surface area (Å²) in [6, 6.07) is 127. The molecule has 6 aliphatic carbocycles. The summed E-state index contributed by atoms with van der Waals surface area (Å²) in [5, 5.41) is 7.59. The molecule has 0 fully saturated rings. The molecule has 129 heavy (non-hydrogen) atoms. The average Bonchev–Trinajstić information content (AvgIpc) is 1.53. The van der Waals surface area contributed by atoms with Crippen LogP contribution in [0.1, 0.15) is 150 Å². The summed E-state index contributed by atoms with van der Waals surface area (Å²) < 4.78 is 7.08. The van der Waals surface area contributed by atoms with Crippen molar-refractivity contribution in [2.24, 2.45) is 0 Å². The third kappa shape index (κ3) is 10.8. The van der Waals surface area contributed by atoms with Crippen molar-refractivity contribution in [3.05, 3.63) is 431 Å². The van der Waals surface area contributed by atoms with E-state index >= 15 is 0 Å². The van der Waals surface area contributed by atoms with Crippen LogP contribution in [0.25, 0.3) is 183 Å². The third-order valence-corrected chi connectivity index (χ3v) is 30.7. The van der Waals surface area contributed by atoms with Gasteiger partial charge < -0.3 is 0 Å². The number of benzene rings is 15. The van der Waals surface area contributed by atoms with Crippen molar-refractivity contribution in [3.8, 4) is 118 Å². The van der Waals surface area contributed by atoms with E-state index in [1.165, 1.54) is 232 Å². The van der Waals surface area contributed by atoms with Crippen LogP contribution in [0.15, 0.2) is 364 Å². The molecular formula is C123H96N6. The molecular weight excluding hydrogens is 1560 g/mol. The molecule has 0 radical (unpaired) electrons. The fourth-order valence-electron chi connectivity index (χ4n) is 24.3. The van der Waals surface area contributed by atoms with Gasteiger partial charge in [0, 0.05) is 83.4 Å². The average molecular weight is 1660 g/mol. The Balaban J connectivity index is 0.000000105. The lowest BCUT2D eigenvalue weighted by atomic mass is 9.77. The number of rotatable bonds is 6. The Kier molecular flexibility index (Phi) is 16.2. The lowest BCUT2D eigenvalue weighted by Gasteiger charge is -2.26. The smallest absolute Gasteiger partial charge is 0.138 e. The normalized spacial score (nSPS) is 15.3. The first-order valence-electron chi connectivity index (χ1n) is 45.7. The van der Waals surface area contributed by atoms with E-state index in [9.17, 15) is 0 Å². The van der Waals surface area contributed by atoms with Gasteiger partial charge in [-0.3, -0.25) is 13.7 Å². The number of fused-ring (bicyclic) bond motifs is 29. The highest BCUT2D eigenvalue weighted by Gasteiger charge is 2.49. The highest BCUT2D eigenvalue weighted by atomic mass is 15.1. The van der Waals surface area contributed by atoms with Crippen LogP contribution >= 0.6 is 0 Å². The Morgan fingerprint density at radius 2 is 0.450 bits per heavy atom. The fourth-order valence-corrected chi connectivity index (χ4v) is 24.3. The summed E-state index contributed by atoms with van der Waals surface area (Å²) in [6.45, 7) is 28.7. The Labute approximate surface area is 753 Å². The molecule has 27 rings (SSSR count). The fraction of sp³-hybridized carbons (Fsp3) is 0.146. The molecule has 0 atom stereocenters. The molecule has 0 N–H and O–H groups in total. The number of nitrogens with zero attached hydrogens (tertiary/aromatic N) is 6. The van der Waals surface area contributed by atoms with Crippen molar-refractivity contribution in [2.45, 2.75) is 116 Å². The topological polar surface area (TPSA) is 53.5 Å². The molecule has 0 saturated heterocycles. The van der Waals surface area contributed by atoms with Gasteiger partial charge in [-0.05, 0) is 270 Å². The van der Waals surface area contributed by atoms with Crippen molar-refractivity contribution < 1.29 is 0 Å². The van der Waals surface area contributed by atoms with E-state index < -0.39 is 0 Å². The predicted molar refractivity (Wildman–Crippen MR) is 537 cm³/mol. The molecule has 0 spiro atoms. The predicted octanol–water partition coefficient (Wildman–Crippen LogP) is 31.4. The van der Waals surface area contributed by atoms with E-state index in [1.807, 2.05) is 18.6 Å². The van der Waals surface area contributed by atoms with E-state index in [-0.39, 0.29) is 32.5 Å². The van der Waals surface area contributed by atoms with Crippen molar-refractivity contribution in [3.63, 3.8) is 0 Å². The van der Waals surface area contributed by atoms with Crippen LogP contribution in [0.2, 0.25) is 0 Å². The SMILES string of the molecule is CC1(C)c2cc3c(cc2-c2c1ccc1c2C(C)(C)c2ccccc2-1)c1ccccc1n3-c1cc(-c2ccccc2)ccn1.CC1(C)c2ccccc2-c2c1ccc1c2C(C)(C)c2cc3c(cc2-1)c1ccccc1n3-c1cc(-c2ccccc2)ccn1.CC1(C)c2ccccc2-c2cc3c(cc21)-c1cc2c4ccccc4n(-c4cc(-c5ccccc5)ccn4)c2cc1C3(C)C. The summed E-state index contributed by atoms with van der Waals surface area (Å²) in [4.78, 5) is 14.8. The minimum absolute atomic E-state index is 0.0151. The number of para-hydroxylation sites is 3. The van der Waals surface area contributed by atoms with Gasteiger partial charge in [-0.15, -0.1) is 0 Å². The third-order valence-electron chi connectivity index (χ3n) is 30.7. The molecule has 6 aliphatic rings. The molecule has 6 heterocycles. The van der Waals surface area contributed by atoms with E-state index in [0.29, 0.717) is 0 Å². The monoisotopic (exact) mass is 1660 g/mol. The highest BCUT2D eigenvalue weighted by molar-refractivity contribution is 6.15. The first-order valence-corrected chi connectivity index (χ1v) is 45.7. The molecule has 618 valence electrons. The van der Waals surface area contributed by atoms with Crippen molar-refractivity contribution in [2.75, 3.05) is 0 Å². The molecule has 0 amide bonds. The van der Waals surface area contributed by atoms with Gasteiger partial charge in [-0.1, -0.05) is 326 Å². The molecule has 6 nitrogen and oxygen atoms in total. The Morgan fingerprint density at radius 1 is 0.171 bits per heavy atom. The molecule has 6 heteroatoms. The molecule has 0 unspecified atom stereocenters. The number of pyridine rings is 3. The Hall–Kier alpha value is -14.9. The molecule has 0 aliphatic heterocycles. The van der Waals surface area contributed by atoms with Crippen LogP contribution in [-0.4, -0.2) is 28.7 Å². The second kappa shape index (κ2) is 27.3. The minimum atomic E-state index is -0.154. The van der Waals surface area contributed by atoms with Gasteiger partial charge in [0.05, 0.1) is 33.1 Å². The minimum Gasteiger partial charge on any atom is -0.294 e. The lowest BCUT2D eigenvalue weighted by molar-refractivity contribution is 0.647. The van der Waals surface area contributed by atoms with E-state index in [2.05, 4.69) is 443 Å². The number of hydrogen-bond acceptors (Lipinski definition) is 3. The van der Waals surface area contributed by atoms with Crippen molar-refractivity contribution in [1.82, 2.24) is 28.7 Å². The first kappa shape index (κ1) is 76.6. The van der Waals surface area contributed by atoms with Crippen LogP contribution in [0, 0.1) is 0 Å². The Morgan fingerprint density at radius 3 is 0.891 bits per heavy atom. The first-order chi connectivity index (χ1) is 62.5. The Bertz CT molecular complexity index is 8400. The molecule has 15 aromatic carbocycles. The van der Waals surface area contributed by atoms with Crippen LogP contribution in [-0.2, 0) is 32.5 Å². The molecule has 0 bridgehead atoms. The van der Waals surface area contributed by atoms with Crippen molar-refractivity contribution >= 4 is 65.4 Å². The van der Waals surface area contributed by atoms with Crippen LogP contribution in [0.5, 0.6) is 0 Å². The number of aromatic nitrogens is 6. The molecule has 21 aromatic rings. The van der Waals surface area contributed by atoms with Crippen LogP contribution < -0.4 is 0 Å². The van der Waals surface area contributed by atoms with Gasteiger partial charge in [0.1, 0.15) is 17.5 Å². The maximum atomic E-state index is 4.93. The quantitative estimate of drug-likeness (QED) is 0.167. The second-order valence-electron chi connectivity index (χ2n) is 39.8. The maximum absolute atomic E-state index is 4.93. The van der Waals surface area contributed by atoms with Crippen LogP contribution in [0.4, 0.5) is 0 Å². The molecule has 6 aromatic heterocycles. The van der Waals surface area contributed by atoms with Crippen molar-refractivity contribution in [1.29, 1.82) is 0 Å². The zero-order chi connectivity index (χ0) is 87.3. The summed E-state index contributed by atoms with van der Waals surface area (Å²) in [6.07, 6.45) is 5.81.